The van der Waals surface area contributed by atoms with E-state index in [2.05, 4.69) is 28.9 Å². The Morgan fingerprint density at radius 1 is 1.24 bits per heavy atom. The summed E-state index contributed by atoms with van der Waals surface area (Å²) in [7, 11) is 2.04. The van der Waals surface area contributed by atoms with Crippen molar-refractivity contribution in [1.82, 2.24) is 9.88 Å². The minimum absolute atomic E-state index is 0.119. The van der Waals surface area contributed by atoms with Crippen molar-refractivity contribution in [2.45, 2.75) is 45.2 Å². The van der Waals surface area contributed by atoms with Crippen LogP contribution in [0.25, 0.3) is 0 Å². The normalized spacial score (nSPS) is 17.4. The maximum Gasteiger partial charge on any atom is 0.255 e. The zero-order valence-corrected chi connectivity index (χ0v) is 15.2. The van der Waals surface area contributed by atoms with Crippen molar-refractivity contribution in [2.24, 2.45) is 0 Å². The second-order valence-electron chi connectivity index (χ2n) is 6.83. The van der Waals surface area contributed by atoms with Gasteiger partial charge >= 0.3 is 0 Å². The Hall–Kier alpha value is -2.36. The minimum atomic E-state index is 0.119. The van der Waals surface area contributed by atoms with E-state index < -0.39 is 0 Å². The monoisotopic (exact) mass is 337 g/mol. The molecule has 1 amide bonds. The van der Waals surface area contributed by atoms with Crippen LogP contribution < -0.4 is 4.90 Å². The molecule has 1 atom stereocenters. The number of aromatic nitrogens is 1. The molecule has 132 valence electrons. The van der Waals surface area contributed by atoms with Crippen molar-refractivity contribution in [3.05, 3.63) is 59.9 Å². The van der Waals surface area contributed by atoms with Gasteiger partial charge in [-0.25, -0.2) is 0 Å². The molecular weight excluding hydrogens is 310 g/mol. The smallest absolute Gasteiger partial charge is 0.255 e. The summed E-state index contributed by atoms with van der Waals surface area (Å²) in [6, 6.07) is 12.7. The van der Waals surface area contributed by atoms with Crippen molar-refractivity contribution in [2.75, 3.05) is 18.5 Å². The molecule has 0 N–H and O–H groups in total. The second kappa shape index (κ2) is 8.15. The third-order valence-corrected chi connectivity index (χ3v) is 5.03. The van der Waals surface area contributed by atoms with Gasteiger partial charge < -0.3 is 9.80 Å². The molecule has 0 radical (unpaired) electrons. The van der Waals surface area contributed by atoms with Crippen LogP contribution in [-0.4, -0.2) is 35.4 Å². The quantitative estimate of drug-likeness (QED) is 0.823. The molecule has 2 aromatic rings. The molecule has 0 saturated carbocycles. The Kier molecular flexibility index (Phi) is 5.69. The van der Waals surface area contributed by atoms with Gasteiger partial charge in [0.2, 0.25) is 0 Å². The molecule has 1 fully saturated rings. The van der Waals surface area contributed by atoms with Gasteiger partial charge in [-0.15, -0.1) is 0 Å². The van der Waals surface area contributed by atoms with Crippen molar-refractivity contribution in [1.29, 1.82) is 0 Å². The first-order valence-electron chi connectivity index (χ1n) is 9.20. The third kappa shape index (κ3) is 4.19. The summed E-state index contributed by atoms with van der Waals surface area (Å²) in [5.74, 6) is 0.119. The summed E-state index contributed by atoms with van der Waals surface area (Å²) in [4.78, 5) is 21.5. The van der Waals surface area contributed by atoms with Crippen LogP contribution >= 0.6 is 0 Å². The molecule has 0 spiro atoms. The molecule has 2 heterocycles. The van der Waals surface area contributed by atoms with E-state index in [-0.39, 0.29) is 5.91 Å². The molecule has 1 aromatic heterocycles. The van der Waals surface area contributed by atoms with Crippen LogP contribution in [0.4, 0.5) is 5.69 Å². The molecule has 25 heavy (non-hydrogen) atoms. The first-order chi connectivity index (χ1) is 12.2. The van der Waals surface area contributed by atoms with Crippen LogP contribution in [-0.2, 0) is 6.54 Å². The van der Waals surface area contributed by atoms with Crippen molar-refractivity contribution in [3.8, 4) is 0 Å². The van der Waals surface area contributed by atoms with E-state index in [1.807, 2.05) is 42.4 Å². The van der Waals surface area contributed by atoms with Gasteiger partial charge in [-0.1, -0.05) is 37.3 Å². The number of piperidine rings is 1. The molecule has 1 unspecified atom stereocenters. The number of rotatable bonds is 5. The number of nitrogens with zero attached hydrogens (tertiary/aromatic N) is 3. The van der Waals surface area contributed by atoms with Crippen molar-refractivity contribution >= 4 is 11.6 Å². The average molecular weight is 337 g/mol. The highest BCUT2D eigenvalue weighted by atomic mass is 16.2. The third-order valence-electron chi connectivity index (χ3n) is 5.03. The average Bonchev–Trinajstić information content (AvgIpc) is 2.68. The minimum Gasteiger partial charge on any atom is -0.369 e. The van der Waals surface area contributed by atoms with Crippen LogP contribution in [0.5, 0.6) is 0 Å². The van der Waals surface area contributed by atoms with E-state index in [1.54, 1.807) is 6.20 Å². The lowest BCUT2D eigenvalue weighted by molar-refractivity contribution is 0.0607. The fraction of sp³-hybridized carbons (Fsp3) is 0.429. The molecule has 1 aliphatic rings. The van der Waals surface area contributed by atoms with E-state index in [0.717, 1.165) is 38.0 Å². The van der Waals surface area contributed by atoms with Gasteiger partial charge in [-0.3, -0.25) is 9.78 Å². The number of benzene rings is 1. The first kappa shape index (κ1) is 17.5. The zero-order valence-electron chi connectivity index (χ0n) is 15.2. The summed E-state index contributed by atoms with van der Waals surface area (Å²) in [6.07, 6.45) is 7.98. The number of amides is 1. The molecule has 0 bridgehead atoms. The van der Waals surface area contributed by atoms with Crippen LogP contribution in [0.15, 0.2) is 48.8 Å². The Morgan fingerprint density at radius 2 is 2.04 bits per heavy atom. The first-order valence-corrected chi connectivity index (χ1v) is 9.20. The highest BCUT2D eigenvalue weighted by Gasteiger charge is 2.26. The Balaban J connectivity index is 1.75. The molecule has 4 nitrogen and oxygen atoms in total. The van der Waals surface area contributed by atoms with Gasteiger partial charge in [0.25, 0.3) is 5.91 Å². The van der Waals surface area contributed by atoms with E-state index in [9.17, 15) is 4.79 Å². The fourth-order valence-corrected chi connectivity index (χ4v) is 3.56. The van der Waals surface area contributed by atoms with Gasteiger partial charge in [0, 0.05) is 32.4 Å². The second-order valence-corrected chi connectivity index (χ2v) is 6.83. The fourth-order valence-electron chi connectivity index (χ4n) is 3.56. The summed E-state index contributed by atoms with van der Waals surface area (Å²) in [5, 5.41) is 0. The zero-order chi connectivity index (χ0) is 17.6. The maximum absolute atomic E-state index is 13.0. The van der Waals surface area contributed by atoms with E-state index in [4.69, 9.17) is 0 Å². The Labute approximate surface area is 150 Å². The Bertz CT molecular complexity index is 701. The van der Waals surface area contributed by atoms with Crippen LogP contribution in [0.1, 0.15) is 48.5 Å². The molecule has 0 aliphatic carbocycles. The van der Waals surface area contributed by atoms with Gasteiger partial charge in [0.05, 0.1) is 17.4 Å². The van der Waals surface area contributed by atoms with Gasteiger partial charge in [-0.2, -0.15) is 0 Å². The highest BCUT2D eigenvalue weighted by molar-refractivity contribution is 5.95. The lowest BCUT2D eigenvalue weighted by Crippen LogP contribution is -2.43. The standard InChI is InChI=1S/C21H27N3O/c1-3-19-11-7-8-12-24(19)21(25)18-13-20(15-22-14-18)23(2)16-17-9-5-4-6-10-17/h4-6,9-10,13-15,19H,3,7-8,11-12,16H2,1-2H3. The number of pyridine rings is 1. The van der Waals surface area contributed by atoms with Gasteiger partial charge in [-0.05, 0) is 37.3 Å². The maximum atomic E-state index is 13.0. The van der Waals surface area contributed by atoms with E-state index >= 15 is 0 Å². The molecule has 1 aromatic carbocycles. The predicted octanol–water partition coefficient (Wildman–Crippen LogP) is 4.12. The largest absolute Gasteiger partial charge is 0.369 e. The Morgan fingerprint density at radius 3 is 2.80 bits per heavy atom. The molecule has 4 heteroatoms. The number of hydrogen-bond donors (Lipinski definition) is 0. The number of carbonyl (C=O) groups excluding carboxylic acids is 1. The van der Waals surface area contributed by atoms with Gasteiger partial charge in [0.1, 0.15) is 0 Å². The van der Waals surface area contributed by atoms with Crippen LogP contribution in [0.3, 0.4) is 0 Å². The van der Waals surface area contributed by atoms with Crippen LogP contribution in [0, 0.1) is 0 Å². The summed E-state index contributed by atoms with van der Waals surface area (Å²) < 4.78 is 0. The van der Waals surface area contributed by atoms with Crippen molar-refractivity contribution < 1.29 is 4.79 Å². The topological polar surface area (TPSA) is 36.4 Å². The number of likely N-dealkylation sites (tertiary alicyclic amines) is 1. The van der Waals surface area contributed by atoms with E-state index in [0.29, 0.717) is 11.6 Å². The molecule has 3 rings (SSSR count). The summed E-state index contributed by atoms with van der Waals surface area (Å²) in [5.41, 5.74) is 2.90. The SMILES string of the molecule is CCC1CCCCN1C(=O)c1cncc(N(C)Cc2ccccc2)c1. The highest BCUT2D eigenvalue weighted by Crippen LogP contribution is 2.23. The van der Waals surface area contributed by atoms with E-state index in [1.165, 1.54) is 12.0 Å². The summed E-state index contributed by atoms with van der Waals surface area (Å²) in [6.45, 7) is 3.82. The number of anilines is 1. The lowest BCUT2D eigenvalue weighted by atomic mass is 9.99. The van der Waals surface area contributed by atoms with Crippen molar-refractivity contribution in [3.63, 3.8) is 0 Å². The molecule has 1 aliphatic heterocycles. The number of carbonyl (C=O) groups is 1. The lowest BCUT2D eigenvalue weighted by Gasteiger charge is -2.35. The molecule has 1 saturated heterocycles. The summed E-state index contributed by atoms with van der Waals surface area (Å²) >= 11 is 0. The number of hydrogen-bond acceptors (Lipinski definition) is 3. The predicted molar refractivity (Wildman–Crippen MR) is 102 cm³/mol. The van der Waals surface area contributed by atoms with Crippen LogP contribution in [0.2, 0.25) is 0 Å². The molecular formula is C21H27N3O. The van der Waals surface area contributed by atoms with Gasteiger partial charge in [0.15, 0.2) is 0 Å².